The van der Waals surface area contributed by atoms with E-state index in [4.69, 9.17) is 9.84 Å². The van der Waals surface area contributed by atoms with Gasteiger partial charge in [-0.25, -0.2) is 4.98 Å². The molecule has 1 aromatic heterocycles. The summed E-state index contributed by atoms with van der Waals surface area (Å²) in [4.78, 5) is 26.7. The molecule has 1 amide bonds. The average Bonchev–Trinajstić information content (AvgIpc) is 2.77. The van der Waals surface area contributed by atoms with Crippen molar-refractivity contribution < 1.29 is 19.4 Å². The zero-order valence-corrected chi connectivity index (χ0v) is 11.8. The minimum Gasteiger partial charge on any atom is -0.481 e. The molecule has 7 heteroatoms. The SMILES string of the molecule is COCC(C)(CC(=O)O)NC(=O)CCc1cscn1. The molecule has 19 heavy (non-hydrogen) atoms. The van der Waals surface area contributed by atoms with Crippen LogP contribution in [0.25, 0.3) is 0 Å². The maximum absolute atomic E-state index is 11.8. The number of carboxylic acid groups (broad SMARTS) is 1. The van der Waals surface area contributed by atoms with E-state index < -0.39 is 11.5 Å². The molecular formula is C12H18N2O4S. The van der Waals surface area contributed by atoms with Gasteiger partial charge in [-0.05, 0) is 13.3 Å². The Labute approximate surface area is 115 Å². The van der Waals surface area contributed by atoms with Gasteiger partial charge in [0.15, 0.2) is 0 Å². The normalized spacial score (nSPS) is 13.8. The number of nitrogens with one attached hydrogen (secondary N) is 1. The van der Waals surface area contributed by atoms with Crippen molar-refractivity contribution in [3.05, 3.63) is 16.6 Å². The molecule has 2 N–H and O–H groups in total. The van der Waals surface area contributed by atoms with Crippen molar-refractivity contribution in [2.45, 2.75) is 31.7 Å². The van der Waals surface area contributed by atoms with Gasteiger partial charge in [0.1, 0.15) is 0 Å². The number of aromatic nitrogens is 1. The first-order valence-corrected chi connectivity index (χ1v) is 6.78. The van der Waals surface area contributed by atoms with Crippen molar-refractivity contribution in [3.63, 3.8) is 0 Å². The van der Waals surface area contributed by atoms with Crippen molar-refractivity contribution in [2.24, 2.45) is 0 Å². The van der Waals surface area contributed by atoms with Gasteiger partial charge in [-0.3, -0.25) is 9.59 Å². The van der Waals surface area contributed by atoms with Gasteiger partial charge in [0.2, 0.25) is 5.91 Å². The van der Waals surface area contributed by atoms with Crippen LogP contribution in [0.1, 0.15) is 25.5 Å². The third-order valence-corrected chi connectivity index (χ3v) is 3.17. The van der Waals surface area contributed by atoms with E-state index in [9.17, 15) is 9.59 Å². The minimum atomic E-state index is -0.973. The molecule has 0 fully saturated rings. The Balaban J connectivity index is 2.48. The Morgan fingerprint density at radius 2 is 2.32 bits per heavy atom. The van der Waals surface area contributed by atoms with Gasteiger partial charge in [0.25, 0.3) is 0 Å². The fourth-order valence-corrected chi connectivity index (χ4v) is 2.38. The molecule has 0 saturated carbocycles. The van der Waals surface area contributed by atoms with Gasteiger partial charge in [-0.15, -0.1) is 11.3 Å². The predicted molar refractivity (Wildman–Crippen MR) is 71.1 cm³/mol. The Kier molecular flexibility index (Phi) is 5.91. The maximum atomic E-state index is 11.8. The topological polar surface area (TPSA) is 88.5 Å². The molecule has 1 atom stereocenters. The quantitative estimate of drug-likeness (QED) is 0.746. The summed E-state index contributed by atoms with van der Waals surface area (Å²) in [6.07, 6.45) is 0.650. The molecule has 106 valence electrons. The molecule has 1 aromatic rings. The van der Waals surface area contributed by atoms with Crippen LogP contribution >= 0.6 is 11.3 Å². The molecule has 0 aromatic carbocycles. The van der Waals surface area contributed by atoms with E-state index in [1.54, 1.807) is 12.4 Å². The standard InChI is InChI=1S/C12H18N2O4S/c1-12(7-18-2,5-11(16)17)14-10(15)4-3-9-6-19-8-13-9/h6,8H,3-5,7H2,1-2H3,(H,14,15)(H,16,17). The monoisotopic (exact) mass is 286 g/mol. The van der Waals surface area contributed by atoms with E-state index in [2.05, 4.69) is 10.3 Å². The molecule has 0 aliphatic heterocycles. The zero-order valence-electron chi connectivity index (χ0n) is 11.0. The number of carbonyl (C=O) groups is 2. The molecule has 0 aliphatic carbocycles. The summed E-state index contributed by atoms with van der Waals surface area (Å²) in [5, 5.41) is 13.5. The number of rotatable bonds is 8. The van der Waals surface area contributed by atoms with Gasteiger partial charge in [0.05, 0.1) is 29.8 Å². The molecule has 0 bridgehead atoms. The first-order valence-electron chi connectivity index (χ1n) is 5.84. The summed E-state index contributed by atoms with van der Waals surface area (Å²) < 4.78 is 4.97. The highest BCUT2D eigenvalue weighted by atomic mass is 32.1. The van der Waals surface area contributed by atoms with E-state index in [1.165, 1.54) is 18.4 Å². The molecule has 6 nitrogen and oxygen atoms in total. The van der Waals surface area contributed by atoms with Crippen molar-refractivity contribution in [1.82, 2.24) is 10.3 Å². The number of carboxylic acids is 1. The largest absolute Gasteiger partial charge is 0.481 e. The van der Waals surface area contributed by atoms with E-state index in [-0.39, 0.29) is 25.4 Å². The zero-order chi connectivity index (χ0) is 14.3. The molecule has 1 heterocycles. The number of amides is 1. The van der Waals surface area contributed by atoms with Crippen LogP contribution in [0.3, 0.4) is 0 Å². The number of hydrogen-bond acceptors (Lipinski definition) is 5. The second kappa shape index (κ2) is 7.20. The third-order valence-electron chi connectivity index (χ3n) is 2.54. The van der Waals surface area contributed by atoms with Crippen LogP contribution in [-0.2, 0) is 20.7 Å². The first-order chi connectivity index (χ1) is 8.95. The number of ether oxygens (including phenoxy) is 1. The van der Waals surface area contributed by atoms with Crippen LogP contribution in [0.2, 0.25) is 0 Å². The molecule has 1 rings (SSSR count). The summed E-state index contributed by atoms with van der Waals surface area (Å²) in [5.41, 5.74) is 1.69. The van der Waals surface area contributed by atoms with Crippen molar-refractivity contribution in [1.29, 1.82) is 0 Å². The lowest BCUT2D eigenvalue weighted by molar-refractivity contribution is -0.139. The number of aryl methyl sites for hydroxylation is 1. The highest BCUT2D eigenvalue weighted by molar-refractivity contribution is 7.07. The van der Waals surface area contributed by atoms with Crippen LogP contribution in [0.5, 0.6) is 0 Å². The van der Waals surface area contributed by atoms with Crippen LogP contribution in [0, 0.1) is 0 Å². The maximum Gasteiger partial charge on any atom is 0.305 e. The fourth-order valence-electron chi connectivity index (χ4n) is 1.79. The van der Waals surface area contributed by atoms with E-state index in [0.29, 0.717) is 6.42 Å². The Bertz CT molecular complexity index is 421. The van der Waals surface area contributed by atoms with Crippen molar-refractivity contribution in [3.8, 4) is 0 Å². The number of nitrogens with zero attached hydrogens (tertiary/aromatic N) is 1. The lowest BCUT2D eigenvalue weighted by Crippen LogP contribution is -2.50. The highest BCUT2D eigenvalue weighted by Crippen LogP contribution is 2.11. The van der Waals surface area contributed by atoms with Gasteiger partial charge >= 0.3 is 5.97 Å². The second-order valence-corrected chi connectivity index (χ2v) is 5.31. The van der Waals surface area contributed by atoms with Crippen LogP contribution in [-0.4, -0.2) is 41.2 Å². The van der Waals surface area contributed by atoms with E-state index in [1.807, 2.05) is 5.38 Å². The molecule has 0 spiro atoms. The number of aliphatic carboxylic acids is 1. The van der Waals surface area contributed by atoms with Crippen LogP contribution in [0.4, 0.5) is 0 Å². The summed E-state index contributed by atoms with van der Waals surface area (Å²) >= 11 is 1.48. The average molecular weight is 286 g/mol. The van der Waals surface area contributed by atoms with E-state index in [0.717, 1.165) is 5.69 Å². The third kappa shape index (κ3) is 5.80. The molecule has 1 unspecified atom stereocenters. The Morgan fingerprint density at radius 3 is 2.84 bits per heavy atom. The lowest BCUT2D eigenvalue weighted by atomic mass is 9.98. The molecule has 0 radical (unpaired) electrons. The fraction of sp³-hybridized carbons (Fsp3) is 0.583. The van der Waals surface area contributed by atoms with Gasteiger partial charge < -0.3 is 15.2 Å². The molecule has 0 aliphatic rings. The Hall–Kier alpha value is -1.47. The smallest absolute Gasteiger partial charge is 0.305 e. The number of methoxy groups -OCH3 is 1. The minimum absolute atomic E-state index is 0.155. The number of hydrogen-bond donors (Lipinski definition) is 2. The van der Waals surface area contributed by atoms with Crippen molar-refractivity contribution >= 4 is 23.2 Å². The van der Waals surface area contributed by atoms with Crippen LogP contribution in [0.15, 0.2) is 10.9 Å². The molecule has 0 saturated heterocycles. The summed E-state index contributed by atoms with van der Waals surface area (Å²) in [6.45, 7) is 1.81. The highest BCUT2D eigenvalue weighted by Gasteiger charge is 2.29. The van der Waals surface area contributed by atoms with E-state index >= 15 is 0 Å². The lowest BCUT2D eigenvalue weighted by Gasteiger charge is -2.28. The second-order valence-electron chi connectivity index (χ2n) is 4.59. The van der Waals surface area contributed by atoms with Gasteiger partial charge in [-0.2, -0.15) is 0 Å². The van der Waals surface area contributed by atoms with Crippen molar-refractivity contribution in [2.75, 3.05) is 13.7 Å². The van der Waals surface area contributed by atoms with Crippen LogP contribution < -0.4 is 5.32 Å². The number of carbonyl (C=O) groups excluding carboxylic acids is 1. The van der Waals surface area contributed by atoms with Gasteiger partial charge in [-0.1, -0.05) is 0 Å². The summed E-state index contributed by atoms with van der Waals surface area (Å²) in [7, 11) is 1.47. The summed E-state index contributed by atoms with van der Waals surface area (Å²) in [6, 6.07) is 0. The first kappa shape index (κ1) is 15.6. The predicted octanol–water partition coefficient (Wildman–Crippen LogP) is 1.07. The number of thiazole rings is 1. The summed E-state index contributed by atoms with van der Waals surface area (Å²) in [5.74, 6) is -1.17. The van der Waals surface area contributed by atoms with Gasteiger partial charge in [0, 0.05) is 18.9 Å². The Morgan fingerprint density at radius 1 is 1.58 bits per heavy atom. The molecular weight excluding hydrogens is 268 g/mol.